The minimum atomic E-state index is -0.412. The molecule has 4 aromatic rings. The number of nitrogens with one attached hydrogen (secondary N) is 1. The molecule has 8 nitrogen and oxygen atoms in total. The lowest BCUT2D eigenvalue weighted by Crippen LogP contribution is -2.28. The van der Waals surface area contributed by atoms with Crippen molar-refractivity contribution in [2.24, 2.45) is 0 Å². The van der Waals surface area contributed by atoms with Crippen LogP contribution in [0.15, 0.2) is 53.6 Å². The molecule has 1 amide bonds. The van der Waals surface area contributed by atoms with Gasteiger partial charge in [-0.15, -0.1) is 5.10 Å². The van der Waals surface area contributed by atoms with Crippen molar-refractivity contribution in [2.75, 3.05) is 5.32 Å². The van der Waals surface area contributed by atoms with Crippen molar-refractivity contribution in [1.29, 1.82) is 0 Å². The monoisotopic (exact) mass is 388 g/mol. The molecule has 0 aliphatic carbocycles. The van der Waals surface area contributed by atoms with Gasteiger partial charge in [0.25, 0.3) is 5.56 Å². The second-order valence-electron chi connectivity index (χ2n) is 7.11. The number of aromatic nitrogens is 5. The van der Waals surface area contributed by atoms with Crippen LogP contribution in [0.3, 0.4) is 0 Å². The van der Waals surface area contributed by atoms with E-state index in [2.05, 4.69) is 26.7 Å². The Morgan fingerprint density at radius 2 is 1.79 bits per heavy atom. The molecule has 1 N–H and O–H groups in total. The van der Waals surface area contributed by atoms with Gasteiger partial charge in [0.1, 0.15) is 12.9 Å². The van der Waals surface area contributed by atoms with E-state index in [1.165, 1.54) is 15.6 Å². The van der Waals surface area contributed by atoms with Crippen LogP contribution in [0.1, 0.15) is 16.7 Å². The predicted molar refractivity (Wildman–Crippen MR) is 110 cm³/mol. The highest BCUT2D eigenvalue weighted by Crippen LogP contribution is 2.16. The minimum absolute atomic E-state index is 0.120. The van der Waals surface area contributed by atoms with Gasteiger partial charge in [-0.1, -0.05) is 23.4 Å². The van der Waals surface area contributed by atoms with Gasteiger partial charge in [0.15, 0.2) is 11.2 Å². The van der Waals surface area contributed by atoms with Crippen LogP contribution in [-0.4, -0.2) is 30.5 Å². The first kappa shape index (κ1) is 18.5. The van der Waals surface area contributed by atoms with Gasteiger partial charge in [-0.05, 0) is 61.7 Å². The Balaban J connectivity index is 1.63. The van der Waals surface area contributed by atoms with Gasteiger partial charge in [0.2, 0.25) is 5.91 Å². The standard InChI is InChI=1S/C21H20N6O2/c1-13-5-4-6-16(8-13)23-18(28)11-26-12-22-20-19(21(26)29)24-25-27(20)17-9-14(2)7-15(3)10-17/h4-10,12H,11H2,1-3H3,(H,23,28). The van der Waals surface area contributed by atoms with Crippen LogP contribution >= 0.6 is 0 Å². The van der Waals surface area contributed by atoms with Gasteiger partial charge >= 0.3 is 0 Å². The summed E-state index contributed by atoms with van der Waals surface area (Å²) >= 11 is 0. The first-order valence-electron chi connectivity index (χ1n) is 9.17. The third kappa shape index (κ3) is 3.77. The molecule has 4 rings (SSSR count). The summed E-state index contributed by atoms with van der Waals surface area (Å²) in [4.78, 5) is 29.5. The van der Waals surface area contributed by atoms with E-state index < -0.39 is 5.56 Å². The zero-order valence-corrected chi connectivity index (χ0v) is 16.4. The molecule has 8 heteroatoms. The maximum absolute atomic E-state index is 12.8. The van der Waals surface area contributed by atoms with Crippen molar-refractivity contribution in [2.45, 2.75) is 27.3 Å². The van der Waals surface area contributed by atoms with E-state index in [1.807, 2.05) is 51.1 Å². The van der Waals surface area contributed by atoms with Gasteiger partial charge in [-0.3, -0.25) is 14.2 Å². The number of carbonyl (C=O) groups excluding carboxylic acids is 1. The fourth-order valence-corrected chi connectivity index (χ4v) is 3.28. The van der Waals surface area contributed by atoms with E-state index in [0.29, 0.717) is 11.3 Å². The van der Waals surface area contributed by atoms with Crippen LogP contribution in [-0.2, 0) is 11.3 Å². The van der Waals surface area contributed by atoms with Crippen molar-refractivity contribution >= 4 is 22.8 Å². The van der Waals surface area contributed by atoms with Crippen LogP contribution in [0.4, 0.5) is 5.69 Å². The SMILES string of the molecule is Cc1cccc(NC(=O)Cn2cnc3c(nnn3-c3cc(C)cc(C)c3)c2=O)c1. The fourth-order valence-electron chi connectivity index (χ4n) is 3.28. The summed E-state index contributed by atoms with van der Waals surface area (Å²) in [6.45, 7) is 5.76. The number of carbonyl (C=O) groups is 1. The first-order valence-corrected chi connectivity index (χ1v) is 9.17. The van der Waals surface area contributed by atoms with Crippen molar-refractivity contribution < 1.29 is 4.79 Å². The average Bonchev–Trinajstić information content (AvgIpc) is 3.08. The highest BCUT2D eigenvalue weighted by Gasteiger charge is 2.15. The molecule has 0 saturated carbocycles. The van der Waals surface area contributed by atoms with Crippen molar-refractivity contribution in [1.82, 2.24) is 24.5 Å². The number of aryl methyl sites for hydroxylation is 3. The lowest BCUT2D eigenvalue weighted by molar-refractivity contribution is -0.116. The molecule has 0 radical (unpaired) electrons. The number of rotatable bonds is 4. The first-order chi connectivity index (χ1) is 13.9. The molecule has 0 spiro atoms. The number of hydrogen-bond donors (Lipinski definition) is 1. The number of fused-ring (bicyclic) bond motifs is 1. The van der Waals surface area contributed by atoms with Crippen LogP contribution < -0.4 is 10.9 Å². The van der Waals surface area contributed by atoms with E-state index >= 15 is 0 Å². The Bertz CT molecular complexity index is 1270. The summed E-state index contributed by atoms with van der Waals surface area (Å²) < 4.78 is 2.77. The van der Waals surface area contributed by atoms with E-state index in [-0.39, 0.29) is 18.0 Å². The maximum atomic E-state index is 12.8. The normalized spacial score (nSPS) is 11.0. The number of anilines is 1. The minimum Gasteiger partial charge on any atom is -0.325 e. The van der Waals surface area contributed by atoms with Crippen LogP contribution in [0.25, 0.3) is 16.9 Å². The van der Waals surface area contributed by atoms with Gasteiger partial charge in [0.05, 0.1) is 5.69 Å². The highest BCUT2D eigenvalue weighted by molar-refractivity contribution is 5.90. The molecule has 0 unspecified atom stereocenters. The second kappa shape index (κ2) is 7.31. The van der Waals surface area contributed by atoms with Crippen molar-refractivity contribution in [3.8, 4) is 5.69 Å². The molecule has 0 atom stereocenters. The third-order valence-electron chi connectivity index (χ3n) is 4.50. The Morgan fingerprint density at radius 3 is 2.52 bits per heavy atom. The Labute approximate surface area is 166 Å². The van der Waals surface area contributed by atoms with Crippen molar-refractivity contribution in [3.63, 3.8) is 0 Å². The molecule has 2 aromatic heterocycles. The lowest BCUT2D eigenvalue weighted by Gasteiger charge is -2.08. The fraction of sp³-hybridized carbons (Fsp3) is 0.190. The molecular weight excluding hydrogens is 368 g/mol. The summed E-state index contributed by atoms with van der Waals surface area (Å²) in [5.41, 5.74) is 4.71. The topological polar surface area (TPSA) is 94.7 Å². The molecule has 0 saturated heterocycles. The Hall–Kier alpha value is -3.81. The average molecular weight is 388 g/mol. The summed E-state index contributed by atoms with van der Waals surface area (Å²) in [6, 6.07) is 13.4. The van der Waals surface area contributed by atoms with Gasteiger partial charge in [-0.25, -0.2) is 4.98 Å². The van der Waals surface area contributed by atoms with Crippen LogP contribution in [0.5, 0.6) is 0 Å². The lowest BCUT2D eigenvalue weighted by atomic mass is 10.1. The van der Waals surface area contributed by atoms with E-state index in [0.717, 1.165) is 22.4 Å². The Kier molecular flexibility index (Phi) is 4.67. The predicted octanol–water partition coefficient (Wildman–Crippen LogP) is 2.54. The molecule has 29 heavy (non-hydrogen) atoms. The largest absolute Gasteiger partial charge is 0.325 e. The molecule has 146 valence electrons. The van der Waals surface area contributed by atoms with Crippen LogP contribution in [0.2, 0.25) is 0 Å². The zero-order chi connectivity index (χ0) is 20.5. The molecule has 0 bridgehead atoms. The number of hydrogen-bond acceptors (Lipinski definition) is 5. The van der Waals surface area contributed by atoms with E-state index in [9.17, 15) is 9.59 Å². The third-order valence-corrected chi connectivity index (χ3v) is 4.50. The number of nitrogens with zero attached hydrogens (tertiary/aromatic N) is 5. The molecule has 2 heterocycles. The van der Waals surface area contributed by atoms with Gasteiger partial charge in [0, 0.05) is 5.69 Å². The summed E-state index contributed by atoms with van der Waals surface area (Å²) in [6.07, 6.45) is 1.35. The second-order valence-corrected chi connectivity index (χ2v) is 7.11. The summed E-state index contributed by atoms with van der Waals surface area (Å²) in [5.74, 6) is -0.319. The van der Waals surface area contributed by atoms with E-state index in [1.54, 1.807) is 6.07 Å². The highest BCUT2D eigenvalue weighted by atomic mass is 16.2. The quantitative estimate of drug-likeness (QED) is 0.580. The number of benzene rings is 2. The maximum Gasteiger partial charge on any atom is 0.284 e. The smallest absolute Gasteiger partial charge is 0.284 e. The van der Waals surface area contributed by atoms with E-state index in [4.69, 9.17) is 0 Å². The molecule has 0 fully saturated rings. The Morgan fingerprint density at radius 1 is 1.03 bits per heavy atom. The summed E-state index contributed by atoms with van der Waals surface area (Å²) in [5, 5.41) is 10.9. The summed E-state index contributed by atoms with van der Waals surface area (Å²) in [7, 11) is 0. The molecule has 0 aliphatic rings. The molecule has 0 aliphatic heterocycles. The van der Waals surface area contributed by atoms with Gasteiger partial charge < -0.3 is 5.32 Å². The van der Waals surface area contributed by atoms with Gasteiger partial charge in [-0.2, -0.15) is 4.68 Å². The molecular formula is C21H20N6O2. The molecule has 2 aromatic carbocycles. The van der Waals surface area contributed by atoms with Crippen LogP contribution in [0, 0.1) is 20.8 Å². The van der Waals surface area contributed by atoms with Crippen molar-refractivity contribution in [3.05, 3.63) is 75.8 Å². The zero-order valence-electron chi connectivity index (χ0n) is 16.4. The number of amides is 1.